The molecule has 3 fully saturated rings. The summed E-state index contributed by atoms with van der Waals surface area (Å²) in [6, 6.07) is 0. The predicted octanol–water partition coefficient (Wildman–Crippen LogP) is 2.14. The molecule has 0 aromatic carbocycles. The molecule has 2 N–H and O–H groups in total. The summed E-state index contributed by atoms with van der Waals surface area (Å²) in [5, 5.41) is 12.1. The van der Waals surface area contributed by atoms with Gasteiger partial charge in [0.2, 0.25) is 5.91 Å². The first-order chi connectivity index (χ1) is 9.49. The summed E-state index contributed by atoms with van der Waals surface area (Å²) in [4.78, 5) is 23.4. The molecule has 4 heteroatoms. The lowest BCUT2D eigenvalue weighted by Gasteiger charge is -2.16. The van der Waals surface area contributed by atoms with Gasteiger partial charge in [0.25, 0.3) is 0 Å². The molecule has 112 valence electrons. The van der Waals surface area contributed by atoms with Crippen LogP contribution in [0.4, 0.5) is 0 Å². The number of aliphatic carboxylic acids is 1. The number of carboxylic acids is 1. The maximum atomic E-state index is 12.2. The fourth-order valence-corrected chi connectivity index (χ4v) is 4.86. The number of rotatable bonds is 6. The normalized spacial score (nSPS) is 38.6. The fourth-order valence-electron chi connectivity index (χ4n) is 4.86. The third-order valence-corrected chi connectivity index (χ3v) is 5.67. The van der Waals surface area contributed by atoms with Crippen LogP contribution in [0, 0.1) is 41.4 Å². The Balaban J connectivity index is 1.49. The van der Waals surface area contributed by atoms with E-state index in [0.717, 1.165) is 11.8 Å². The van der Waals surface area contributed by atoms with Crippen LogP contribution in [-0.2, 0) is 9.59 Å². The molecule has 0 aromatic heterocycles. The second-order valence-electron chi connectivity index (χ2n) is 7.42. The Morgan fingerprint density at radius 3 is 2.30 bits per heavy atom. The topological polar surface area (TPSA) is 66.4 Å². The highest BCUT2D eigenvalue weighted by atomic mass is 16.4. The van der Waals surface area contributed by atoms with E-state index in [1.54, 1.807) is 0 Å². The summed E-state index contributed by atoms with van der Waals surface area (Å²) in [5.41, 5.74) is 0. The van der Waals surface area contributed by atoms with Crippen molar-refractivity contribution in [3.63, 3.8) is 0 Å². The molecule has 0 radical (unpaired) electrons. The molecule has 3 rings (SSSR count). The standard InChI is InChI=1S/C16H25NO3/c1-8(2)5-11(16(19)20)7-17-15(18)14-12-9-3-4-10(6-9)13(12)14/h8-14H,3-7H2,1-2H3,(H,17,18)(H,19,20). The van der Waals surface area contributed by atoms with Gasteiger partial charge in [-0.25, -0.2) is 0 Å². The van der Waals surface area contributed by atoms with Gasteiger partial charge in [-0.05, 0) is 55.3 Å². The van der Waals surface area contributed by atoms with Crippen molar-refractivity contribution in [1.82, 2.24) is 5.32 Å². The van der Waals surface area contributed by atoms with Crippen molar-refractivity contribution in [2.24, 2.45) is 41.4 Å². The number of amides is 1. The van der Waals surface area contributed by atoms with Crippen molar-refractivity contribution >= 4 is 11.9 Å². The van der Waals surface area contributed by atoms with Gasteiger partial charge in [-0.1, -0.05) is 13.8 Å². The van der Waals surface area contributed by atoms with E-state index < -0.39 is 11.9 Å². The Morgan fingerprint density at radius 1 is 1.20 bits per heavy atom. The maximum Gasteiger partial charge on any atom is 0.308 e. The average Bonchev–Trinajstić information content (AvgIpc) is 2.82. The molecule has 3 saturated carbocycles. The van der Waals surface area contributed by atoms with Gasteiger partial charge in [0.05, 0.1) is 5.92 Å². The van der Waals surface area contributed by atoms with E-state index in [2.05, 4.69) is 5.32 Å². The Hall–Kier alpha value is -1.06. The van der Waals surface area contributed by atoms with Crippen molar-refractivity contribution < 1.29 is 14.7 Å². The van der Waals surface area contributed by atoms with Gasteiger partial charge in [-0.15, -0.1) is 0 Å². The first kappa shape index (κ1) is 13.9. The molecule has 0 saturated heterocycles. The minimum atomic E-state index is -0.796. The molecule has 1 amide bonds. The number of carbonyl (C=O) groups is 2. The van der Waals surface area contributed by atoms with Crippen molar-refractivity contribution in [3.05, 3.63) is 0 Å². The number of carbonyl (C=O) groups excluding carboxylic acids is 1. The van der Waals surface area contributed by atoms with Crippen LogP contribution in [0.2, 0.25) is 0 Å². The van der Waals surface area contributed by atoms with E-state index in [4.69, 9.17) is 0 Å². The van der Waals surface area contributed by atoms with Crippen LogP contribution in [0.1, 0.15) is 39.5 Å². The minimum absolute atomic E-state index is 0.117. The molecule has 3 aliphatic rings. The summed E-state index contributed by atoms with van der Waals surface area (Å²) >= 11 is 0. The molecule has 4 nitrogen and oxygen atoms in total. The number of hydrogen-bond acceptors (Lipinski definition) is 2. The molecule has 3 aliphatic carbocycles. The summed E-state index contributed by atoms with van der Waals surface area (Å²) in [6.45, 7) is 4.32. The summed E-state index contributed by atoms with van der Waals surface area (Å²) < 4.78 is 0. The van der Waals surface area contributed by atoms with Gasteiger partial charge < -0.3 is 10.4 Å². The van der Waals surface area contributed by atoms with Crippen molar-refractivity contribution in [2.75, 3.05) is 6.54 Å². The molecule has 2 bridgehead atoms. The van der Waals surface area contributed by atoms with Gasteiger partial charge in [-0.2, -0.15) is 0 Å². The Labute approximate surface area is 120 Å². The van der Waals surface area contributed by atoms with E-state index in [0.29, 0.717) is 24.2 Å². The lowest BCUT2D eigenvalue weighted by molar-refractivity contribution is -0.142. The number of hydrogen-bond donors (Lipinski definition) is 2. The molecule has 0 spiro atoms. The van der Waals surface area contributed by atoms with Crippen molar-refractivity contribution in [2.45, 2.75) is 39.5 Å². The Morgan fingerprint density at radius 2 is 1.80 bits per heavy atom. The van der Waals surface area contributed by atoms with Crippen LogP contribution in [0.3, 0.4) is 0 Å². The van der Waals surface area contributed by atoms with E-state index in [-0.39, 0.29) is 18.4 Å². The molecule has 5 unspecified atom stereocenters. The number of carboxylic acid groups (broad SMARTS) is 1. The lowest BCUT2D eigenvalue weighted by atomic mass is 9.97. The van der Waals surface area contributed by atoms with Crippen molar-refractivity contribution in [1.29, 1.82) is 0 Å². The first-order valence-corrected chi connectivity index (χ1v) is 7.99. The van der Waals surface area contributed by atoms with Crippen LogP contribution in [0.25, 0.3) is 0 Å². The molecule has 0 aliphatic heterocycles. The number of nitrogens with one attached hydrogen (secondary N) is 1. The predicted molar refractivity (Wildman–Crippen MR) is 74.9 cm³/mol. The molecule has 0 heterocycles. The third-order valence-electron chi connectivity index (χ3n) is 5.67. The van der Waals surface area contributed by atoms with Crippen molar-refractivity contribution in [3.8, 4) is 0 Å². The Kier molecular flexibility index (Phi) is 3.51. The van der Waals surface area contributed by atoms with Gasteiger partial charge >= 0.3 is 5.97 Å². The highest BCUT2D eigenvalue weighted by molar-refractivity contribution is 5.83. The minimum Gasteiger partial charge on any atom is -0.481 e. The smallest absolute Gasteiger partial charge is 0.308 e. The highest BCUT2D eigenvalue weighted by Gasteiger charge is 2.67. The van der Waals surface area contributed by atoms with E-state index >= 15 is 0 Å². The quantitative estimate of drug-likeness (QED) is 0.783. The van der Waals surface area contributed by atoms with Crippen LogP contribution in [0.15, 0.2) is 0 Å². The average molecular weight is 279 g/mol. The second kappa shape index (κ2) is 5.05. The lowest BCUT2D eigenvalue weighted by Crippen LogP contribution is -2.35. The maximum absolute atomic E-state index is 12.2. The van der Waals surface area contributed by atoms with Gasteiger partial charge in [0, 0.05) is 12.5 Å². The van der Waals surface area contributed by atoms with Crippen LogP contribution >= 0.6 is 0 Å². The fraction of sp³-hybridized carbons (Fsp3) is 0.875. The van der Waals surface area contributed by atoms with Crippen LogP contribution in [-0.4, -0.2) is 23.5 Å². The summed E-state index contributed by atoms with van der Waals surface area (Å²) in [6.07, 6.45) is 4.57. The molecule has 5 atom stereocenters. The van der Waals surface area contributed by atoms with Gasteiger partial charge in [0.1, 0.15) is 0 Å². The third kappa shape index (κ3) is 2.33. The van der Waals surface area contributed by atoms with Gasteiger partial charge in [-0.3, -0.25) is 9.59 Å². The van der Waals surface area contributed by atoms with E-state index in [1.807, 2.05) is 13.8 Å². The first-order valence-electron chi connectivity index (χ1n) is 7.99. The molecular formula is C16H25NO3. The van der Waals surface area contributed by atoms with Crippen LogP contribution in [0.5, 0.6) is 0 Å². The second-order valence-corrected chi connectivity index (χ2v) is 7.42. The molecular weight excluding hydrogens is 254 g/mol. The zero-order valence-corrected chi connectivity index (χ0v) is 12.3. The van der Waals surface area contributed by atoms with Crippen LogP contribution < -0.4 is 5.32 Å². The summed E-state index contributed by atoms with van der Waals surface area (Å²) in [7, 11) is 0. The van der Waals surface area contributed by atoms with E-state index in [9.17, 15) is 14.7 Å². The summed E-state index contributed by atoms with van der Waals surface area (Å²) in [5.74, 6) is 2.23. The zero-order valence-electron chi connectivity index (χ0n) is 12.3. The highest BCUT2D eigenvalue weighted by Crippen LogP contribution is 2.69. The molecule has 20 heavy (non-hydrogen) atoms. The van der Waals surface area contributed by atoms with Gasteiger partial charge in [0.15, 0.2) is 0 Å². The molecule has 0 aromatic rings. The Bertz CT molecular complexity index is 404. The SMILES string of the molecule is CC(C)CC(CNC(=O)C1C2C3CCC(C3)C12)C(=O)O. The number of fused-ring (bicyclic) bond motifs is 5. The monoisotopic (exact) mass is 279 g/mol. The zero-order chi connectivity index (χ0) is 14.4. The van der Waals surface area contributed by atoms with E-state index in [1.165, 1.54) is 19.3 Å². The largest absolute Gasteiger partial charge is 0.481 e.